The van der Waals surface area contributed by atoms with Crippen LogP contribution >= 0.6 is 0 Å². The van der Waals surface area contributed by atoms with Crippen molar-refractivity contribution in [1.82, 2.24) is 19.8 Å². The normalized spacial score (nSPS) is 17.3. The number of hydrogen-bond acceptors (Lipinski definition) is 5. The summed E-state index contributed by atoms with van der Waals surface area (Å²) in [4.78, 5) is 39.5. The van der Waals surface area contributed by atoms with E-state index in [2.05, 4.69) is 14.9 Å². The first-order valence-electron chi connectivity index (χ1n) is 9.43. The van der Waals surface area contributed by atoms with E-state index in [9.17, 15) is 9.59 Å². The molecule has 2 saturated heterocycles. The third-order valence-corrected chi connectivity index (χ3v) is 5.17. The smallest absolute Gasteiger partial charge is 0.253 e. The molecule has 2 aliphatic heterocycles. The van der Waals surface area contributed by atoms with Crippen molar-refractivity contribution in [2.75, 3.05) is 44.2 Å². The third kappa shape index (κ3) is 3.77. The fraction of sp³-hybridized carbons (Fsp3) is 0.400. The van der Waals surface area contributed by atoms with Gasteiger partial charge in [0, 0.05) is 62.8 Å². The summed E-state index contributed by atoms with van der Waals surface area (Å²) in [6, 6.07) is 8.85. The number of nitrogens with zero attached hydrogens (tertiary/aromatic N) is 5. The predicted molar refractivity (Wildman–Crippen MR) is 102 cm³/mol. The molecule has 2 amide bonds. The summed E-state index contributed by atoms with van der Waals surface area (Å²) in [5.74, 6) is 0.765. The van der Waals surface area contributed by atoms with Gasteiger partial charge in [-0.1, -0.05) is 0 Å². The van der Waals surface area contributed by atoms with Gasteiger partial charge in [-0.15, -0.1) is 0 Å². The number of aromatic nitrogens is 2. The maximum Gasteiger partial charge on any atom is 0.253 e. The molecule has 2 aliphatic rings. The zero-order valence-corrected chi connectivity index (χ0v) is 15.3. The molecule has 2 fully saturated rings. The Morgan fingerprint density at radius 3 is 1.70 bits per heavy atom. The maximum absolute atomic E-state index is 12.8. The first-order chi connectivity index (χ1) is 13.2. The Kier molecular flexibility index (Phi) is 5.00. The molecule has 0 spiro atoms. The largest absolute Gasteiger partial charge is 0.339 e. The molecule has 0 radical (unpaired) electrons. The average molecular weight is 365 g/mol. The molecule has 0 saturated carbocycles. The number of carbonyl (C=O) groups excluding carboxylic acids is 2. The molecule has 27 heavy (non-hydrogen) atoms. The van der Waals surface area contributed by atoms with Gasteiger partial charge < -0.3 is 14.7 Å². The molecule has 0 unspecified atom stereocenters. The zero-order chi connectivity index (χ0) is 18.6. The monoisotopic (exact) mass is 365 g/mol. The number of piperazine rings is 1. The van der Waals surface area contributed by atoms with Gasteiger partial charge in [-0.3, -0.25) is 9.59 Å². The average Bonchev–Trinajstić information content (AvgIpc) is 3.28. The molecule has 2 aromatic rings. The summed E-state index contributed by atoms with van der Waals surface area (Å²) in [7, 11) is 0. The van der Waals surface area contributed by atoms with E-state index in [-0.39, 0.29) is 11.8 Å². The van der Waals surface area contributed by atoms with E-state index in [1.54, 1.807) is 42.7 Å². The highest BCUT2D eigenvalue weighted by molar-refractivity contribution is 5.98. The van der Waals surface area contributed by atoms with Gasteiger partial charge in [0.2, 0.25) is 5.95 Å². The zero-order valence-electron chi connectivity index (χ0n) is 15.3. The Morgan fingerprint density at radius 1 is 0.704 bits per heavy atom. The first kappa shape index (κ1) is 17.5. The Morgan fingerprint density at radius 2 is 1.19 bits per heavy atom. The Hall–Kier alpha value is -2.96. The standard InChI is InChI=1S/C20H23N5O2/c26-18(23-10-1-2-11-23)16-4-6-17(7-5-16)19(27)24-12-14-25(15-13-24)20-21-8-3-9-22-20/h3-9H,1-2,10-15H2. The SMILES string of the molecule is O=C(c1ccc(C(=O)N2CCN(c3ncccn3)CC2)cc1)N1CCCC1. The number of rotatable bonds is 3. The van der Waals surface area contributed by atoms with E-state index >= 15 is 0 Å². The molecule has 140 valence electrons. The summed E-state index contributed by atoms with van der Waals surface area (Å²) < 4.78 is 0. The molecule has 0 aliphatic carbocycles. The summed E-state index contributed by atoms with van der Waals surface area (Å²) in [5.41, 5.74) is 1.27. The van der Waals surface area contributed by atoms with Crippen LogP contribution in [0.3, 0.4) is 0 Å². The van der Waals surface area contributed by atoms with Crippen LogP contribution in [0.15, 0.2) is 42.7 Å². The van der Waals surface area contributed by atoms with Crippen LogP contribution in [0.25, 0.3) is 0 Å². The minimum absolute atomic E-state index is 0.00352. The van der Waals surface area contributed by atoms with Crippen molar-refractivity contribution in [1.29, 1.82) is 0 Å². The van der Waals surface area contributed by atoms with Crippen molar-refractivity contribution in [2.24, 2.45) is 0 Å². The van der Waals surface area contributed by atoms with Gasteiger partial charge in [-0.2, -0.15) is 0 Å². The van der Waals surface area contributed by atoms with Gasteiger partial charge in [0.05, 0.1) is 0 Å². The van der Waals surface area contributed by atoms with Crippen LogP contribution in [-0.2, 0) is 0 Å². The Bertz CT molecular complexity index is 795. The molecular weight excluding hydrogens is 342 g/mol. The number of benzene rings is 1. The molecular formula is C20H23N5O2. The summed E-state index contributed by atoms with van der Waals surface area (Å²) in [5, 5.41) is 0. The van der Waals surface area contributed by atoms with Crippen molar-refractivity contribution < 1.29 is 9.59 Å². The van der Waals surface area contributed by atoms with Gasteiger partial charge in [-0.05, 0) is 43.2 Å². The minimum atomic E-state index is 0.00352. The van der Waals surface area contributed by atoms with Gasteiger partial charge >= 0.3 is 0 Å². The lowest BCUT2D eigenvalue weighted by Crippen LogP contribution is -2.49. The number of hydrogen-bond donors (Lipinski definition) is 0. The van der Waals surface area contributed by atoms with Crippen molar-refractivity contribution in [3.63, 3.8) is 0 Å². The van der Waals surface area contributed by atoms with Crippen LogP contribution < -0.4 is 4.90 Å². The highest BCUT2D eigenvalue weighted by Crippen LogP contribution is 2.16. The Balaban J connectivity index is 1.36. The lowest BCUT2D eigenvalue weighted by atomic mass is 10.1. The highest BCUT2D eigenvalue weighted by atomic mass is 16.2. The van der Waals surface area contributed by atoms with E-state index in [1.807, 2.05) is 9.80 Å². The second kappa shape index (κ2) is 7.73. The molecule has 0 atom stereocenters. The highest BCUT2D eigenvalue weighted by Gasteiger charge is 2.24. The molecule has 4 rings (SSSR count). The van der Waals surface area contributed by atoms with Crippen LogP contribution in [0.5, 0.6) is 0 Å². The summed E-state index contributed by atoms with van der Waals surface area (Å²) in [6.07, 6.45) is 5.60. The number of likely N-dealkylation sites (tertiary alicyclic amines) is 1. The first-order valence-corrected chi connectivity index (χ1v) is 9.43. The Labute approximate surface area is 158 Å². The van der Waals surface area contributed by atoms with E-state index in [0.717, 1.165) is 25.9 Å². The number of anilines is 1. The van der Waals surface area contributed by atoms with Gasteiger partial charge in [0.25, 0.3) is 11.8 Å². The minimum Gasteiger partial charge on any atom is -0.339 e. The molecule has 7 nitrogen and oxygen atoms in total. The molecule has 1 aromatic heterocycles. The van der Waals surface area contributed by atoms with Crippen LogP contribution in [0.1, 0.15) is 33.6 Å². The fourth-order valence-corrected chi connectivity index (χ4v) is 3.60. The van der Waals surface area contributed by atoms with E-state index < -0.39 is 0 Å². The second-order valence-corrected chi connectivity index (χ2v) is 6.90. The van der Waals surface area contributed by atoms with E-state index in [4.69, 9.17) is 0 Å². The fourth-order valence-electron chi connectivity index (χ4n) is 3.60. The van der Waals surface area contributed by atoms with Crippen LogP contribution in [-0.4, -0.2) is 70.9 Å². The molecule has 1 aromatic carbocycles. The van der Waals surface area contributed by atoms with Crippen molar-refractivity contribution in [3.8, 4) is 0 Å². The quantitative estimate of drug-likeness (QED) is 0.828. The van der Waals surface area contributed by atoms with Crippen molar-refractivity contribution in [3.05, 3.63) is 53.9 Å². The lowest BCUT2D eigenvalue weighted by Gasteiger charge is -2.34. The number of carbonyl (C=O) groups is 2. The number of amides is 2. The van der Waals surface area contributed by atoms with Gasteiger partial charge in [0.15, 0.2) is 0 Å². The molecule has 0 bridgehead atoms. The lowest BCUT2D eigenvalue weighted by molar-refractivity contribution is 0.0743. The topological polar surface area (TPSA) is 69.6 Å². The van der Waals surface area contributed by atoms with Crippen molar-refractivity contribution >= 4 is 17.8 Å². The van der Waals surface area contributed by atoms with Crippen molar-refractivity contribution in [2.45, 2.75) is 12.8 Å². The molecule has 0 N–H and O–H groups in total. The predicted octanol–water partition coefficient (Wildman–Crippen LogP) is 1.68. The molecule has 7 heteroatoms. The maximum atomic E-state index is 12.8. The van der Waals surface area contributed by atoms with Gasteiger partial charge in [0.1, 0.15) is 0 Å². The summed E-state index contributed by atoms with van der Waals surface area (Å²) in [6.45, 7) is 4.34. The summed E-state index contributed by atoms with van der Waals surface area (Å²) >= 11 is 0. The van der Waals surface area contributed by atoms with E-state index in [0.29, 0.717) is 43.3 Å². The van der Waals surface area contributed by atoms with Crippen LogP contribution in [0.2, 0.25) is 0 Å². The third-order valence-electron chi connectivity index (χ3n) is 5.17. The van der Waals surface area contributed by atoms with Crippen LogP contribution in [0.4, 0.5) is 5.95 Å². The van der Waals surface area contributed by atoms with Gasteiger partial charge in [-0.25, -0.2) is 9.97 Å². The second-order valence-electron chi connectivity index (χ2n) is 6.90. The molecule has 3 heterocycles. The van der Waals surface area contributed by atoms with Crippen LogP contribution in [0, 0.1) is 0 Å². The van der Waals surface area contributed by atoms with E-state index in [1.165, 1.54) is 0 Å².